The van der Waals surface area contributed by atoms with Crippen LogP contribution < -0.4 is 21.0 Å². The topological polar surface area (TPSA) is 80.6 Å². The van der Waals surface area contributed by atoms with Crippen LogP contribution in [0.25, 0.3) is 22.1 Å². The Hall–Kier alpha value is -3.97. The molecule has 0 bridgehead atoms. The first-order chi connectivity index (χ1) is 16.8. The first-order valence-corrected chi connectivity index (χ1v) is 11.7. The maximum Gasteiger partial charge on any atom is 0.344 e. The molecule has 0 aliphatic carbocycles. The summed E-state index contributed by atoms with van der Waals surface area (Å²) < 4.78 is 11.1. The molecule has 0 radical (unpaired) electrons. The summed E-state index contributed by atoms with van der Waals surface area (Å²) in [6.07, 6.45) is 0. The number of rotatable bonds is 6. The second kappa shape index (κ2) is 10.5. The van der Waals surface area contributed by atoms with Crippen molar-refractivity contribution >= 4 is 39.9 Å². The lowest BCUT2D eigenvalue weighted by atomic mass is 10.0. The van der Waals surface area contributed by atoms with Crippen LogP contribution >= 0.6 is 12.2 Å². The van der Waals surface area contributed by atoms with Crippen LogP contribution in [-0.4, -0.2) is 17.6 Å². The summed E-state index contributed by atoms with van der Waals surface area (Å²) in [5.41, 5.74) is 3.29. The van der Waals surface area contributed by atoms with E-state index in [9.17, 15) is 9.59 Å². The Kier molecular flexibility index (Phi) is 7.27. The van der Waals surface area contributed by atoms with E-state index in [-0.39, 0.29) is 11.0 Å². The molecule has 4 rings (SSSR count). The van der Waals surface area contributed by atoms with Gasteiger partial charge in [-0.25, -0.2) is 4.79 Å². The number of benzene rings is 3. The van der Waals surface area contributed by atoms with E-state index in [1.165, 1.54) is 0 Å². The zero-order valence-electron chi connectivity index (χ0n) is 19.8. The van der Waals surface area contributed by atoms with Gasteiger partial charge in [0.25, 0.3) is 5.91 Å². The molecule has 0 aliphatic heterocycles. The van der Waals surface area contributed by atoms with Gasteiger partial charge >= 0.3 is 5.63 Å². The largest absolute Gasteiger partial charge is 0.493 e. The Labute approximate surface area is 208 Å². The van der Waals surface area contributed by atoms with Crippen molar-refractivity contribution < 1.29 is 13.9 Å². The molecule has 0 spiro atoms. The fraction of sp³-hybridized carbons (Fsp3) is 0.179. The molecule has 7 heteroatoms. The number of carbonyl (C=O) groups is 1. The molecule has 178 valence electrons. The third kappa shape index (κ3) is 5.94. The molecule has 6 nitrogen and oxygen atoms in total. The highest BCUT2D eigenvalue weighted by atomic mass is 32.1. The van der Waals surface area contributed by atoms with Crippen LogP contribution in [0.4, 0.5) is 5.69 Å². The van der Waals surface area contributed by atoms with Gasteiger partial charge in [-0.05, 0) is 78.7 Å². The van der Waals surface area contributed by atoms with E-state index in [0.717, 1.165) is 10.9 Å². The first-order valence-electron chi connectivity index (χ1n) is 11.3. The standard InChI is InChI=1S/C28H26N2O4S/c1-17(2)16-33-22-12-10-19(11-13-22)26(31)30-28(35)29-24-15-20(9-8-18(24)3)23-14-21-6-4-5-7-25(21)34-27(23)32/h4-15,17H,16H2,1-3H3,(H2,29,30,31,35). The molecule has 1 aromatic heterocycles. The molecule has 0 unspecified atom stereocenters. The van der Waals surface area contributed by atoms with Crippen LogP contribution in [0, 0.1) is 12.8 Å². The zero-order valence-corrected chi connectivity index (χ0v) is 20.6. The Balaban J connectivity index is 1.47. The van der Waals surface area contributed by atoms with Gasteiger partial charge in [0, 0.05) is 16.6 Å². The number of hydrogen-bond acceptors (Lipinski definition) is 5. The molecular formula is C28H26N2O4S. The highest BCUT2D eigenvalue weighted by Gasteiger charge is 2.12. The number of amides is 1. The summed E-state index contributed by atoms with van der Waals surface area (Å²) in [6.45, 7) is 6.67. The van der Waals surface area contributed by atoms with Gasteiger partial charge in [0.15, 0.2) is 5.11 Å². The number of anilines is 1. The maximum absolute atomic E-state index is 12.6. The molecule has 4 aromatic rings. The molecule has 2 N–H and O–H groups in total. The van der Waals surface area contributed by atoms with Gasteiger partial charge in [0.05, 0.1) is 12.2 Å². The molecule has 3 aromatic carbocycles. The maximum atomic E-state index is 12.6. The van der Waals surface area contributed by atoms with Crippen molar-refractivity contribution in [3.8, 4) is 16.9 Å². The molecule has 1 amide bonds. The summed E-state index contributed by atoms with van der Waals surface area (Å²) in [5, 5.41) is 6.75. The van der Waals surface area contributed by atoms with Crippen LogP contribution in [0.2, 0.25) is 0 Å². The summed E-state index contributed by atoms with van der Waals surface area (Å²) in [6, 6.07) is 21.6. The Morgan fingerprint density at radius 2 is 1.77 bits per heavy atom. The van der Waals surface area contributed by atoms with Gasteiger partial charge in [0.2, 0.25) is 0 Å². The van der Waals surface area contributed by atoms with Crippen molar-refractivity contribution in [3.05, 3.63) is 94.3 Å². The SMILES string of the molecule is Cc1ccc(-c2cc3ccccc3oc2=O)cc1NC(=S)NC(=O)c1ccc(OCC(C)C)cc1. The van der Waals surface area contributed by atoms with Crippen molar-refractivity contribution in [2.45, 2.75) is 20.8 Å². The van der Waals surface area contributed by atoms with Gasteiger partial charge < -0.3 is 14.5 Å². The smallest absolute Gasteiger partial charge is 0.344 e. The van der Waals surface area contributed by atoms with E-state index in [1.807, 2.05) is 49.4 Å². The summed E-state index contributed by atoms with van der Waals surface area (Å²) >= 11 is 5.37. The van der Waals surface area contributed by atoms with Gasteiger partial charge in [-0.1, -0.05) is 44.2 Å². The molecular weight excluding hydrogens is 460 g/mol. The average molecular weight is 487 g/mol. The van der Waals surface area contributed by atoms with E-state index in [0.29, 0.717) is 46.2 Å². The van der Waals surface area contributed by atoms with E-state index < -0.39 is 5.63 Å². The van der Waals surface area contributed by atoms with Crippen LogP contribution in [0.15, 0.2) is 82.0 Å². The minimum atomic E-state index is -0.421. The summed E-state index contributed by atoms with van der Waals surface area (Å²) in [7, 11) is 0. The third-order valence-corrected chi connectivity index (χ3v) is 5.57. The molecule has 0 atom stereocenters. The van der Waals surface area contributed by atoms with Gasteiger partial charge in [0.1, 0.15) is 11.3 Å². The van der Waals surface area contributed by atoms with Gasteiger partial charge in [-0.2, -0.15) is 0 Å². The number of fused-ring (bicyclic) bond motifs is 1. The number of ether oxygens (including phenoxy) is 1. The fourth-order valence-corrected chi connectivity index (χ4v) is 3.68. The van der Waals surface area contributed by atoms with E-state index in [2.05, 4.69) is 24.5 Å². The average Bonchev–Trinajstić information content (AvgIpc) is 2.84. The monoisotopic (exact) mass is 486 g/mol. The van der Waals surface area contributed by atoms with E-state index in [1.54, 1.807) is 30.3 Å². The van der Waals surface area contributed by atoms with Gasteiger partial charge in [-0.3, -0.25) is 10.1 Å². The second-order valence-electron chi connectivity index (χ2n) is 8.65. The second-order valence-corrected chi connectivity index (χ2v) is 9.06. The fourth-order valence-electron chi connectivity index (χ4n) is 3.48. The number of nitrogens with one attached hydrogen (secondary N) is 2. The summed E-state index contributed by atoms with van der Waals surface area (Å²) in [4.78, 5) is 25.2. The highest BCUT2D eigenvalue weighted by Crippen LogP contribution is 2.26. The lowest BCUT2D eigenvalue weighted by Crippen LogP contribution is -2.34. The Morgan fingerprint density at radius 1 is 1.03 bits per heavy atom. The van der Waals surface area contributed by atoms with Crippen molar-refractivity contribution in [1.29, 1.82) is 0 Å². The first kappa shape index (κ1) is 24.2. The van der Waals surface area contributed by atoms with Crippen molar-refractivity contribution in [2.75, 3.05) is 11.9 Å². The normalized spacial score (nSPS) is 10.9. The van der Waals surface area contributed by atoms with Crippen molar-refractivity contribution in [3.63, 3.8) is 0 Å². The lowest BCUT2D eigenvalue weighted by Gasteiger charge is -2.14. The number of aryl methyl sites for hydroxylation is 1. The molecule has 0 fully saturated rings. The van der Waals surface area contributed by atoms with E-state index in [4.69, 9.17) is 21.4 Å². The lowest BCUT2D eigenvalue weighted by molar-refractivity contribution is 0.0977. The number of hydrogen-bond donors (Lipinski definition) is 2. The van der Waals surface area contributed by atoms with Gasteiger partial charge in [-0.15, -0.1) is 0 Å². The molecule has 0 saturated carbocycles. The van der Waals surface area contributed by atoms with Crippen LogP contribution in [-0.2, 0) is 0 Å². The Morgan fingerprint density at radius 3 is 2.51 bits per heavy atom. The molecule has 1 heterocycles. The third-order valence-electron chi connectivity index (χ3n) is 5.37. The molecule has 0 saturated heterocycles. The Bertz CT molecular complexity index is 1440. The predicted molar refractivity (Wildman–Crippen MR) is 143 cm³/mol. The van der Waals surface area contributed by atoms with E-state index >= 15 is 0 Å². The van der Waals surface area contributed by atoms with Crippen LogP contribution in [0.1, 0.15) is 29.8 Å². The predicted octanol–water partition coefficient (Wildman–Crippen LogP) is 5.93. The van der Waals surface area contributed by atoms with Crippen LogP contribution in [0.5, 0.6) is 5.75 Å². The summed E-state index contributed by atoms with van der Waals surface area (Å²) in [5.74, 6) is 0.794. The zero-order chi connectivity index (χ0) is 24.9. The molecule has 0 aliphatic rings. The quantitative estimate of drug-likeness (QED) is 0.260. The minimum absolute atomic E-state index is 0.154. The minimum Gasteiger partial charge on any atom is -0.493 e. The van der Waals surface area contributed by atoms with Crippen molar-refractivity contribution in [2.24, 2.45) is 5.92 Å². The highest BCUT2D eigenvalue weighted by molar-refractivity contribution is 7.80. The number of thiocarbonyl (C=S) groups is 1. The van der Waals surface area contributed by atoms with Crippen molar-refractivity contribution in [1.82, 2.24) is 5.32 Å². The number of carbonyl (C=O) groups excluding carboxylic acids is 1. The molecule has 35 heavy (non-hydrogen) atoms. The number of para-hydroxylation sites is 1. The van der Waals surface area contributed by atoms with Crippen LogP contribution in [0.3, 0.4) is 0 Å².